The quantitative estimate of drug-likeness (QED) is 0.289. The number of unbranched alkanes of at least 4 members (excludes halogenated alkanes) is 2. The lowest BCUT2D eigenvalue weighted by Crippen LogP contribution is -2.26. The molecule has 0 fully saturated rings. The van der Waals surface area contributed by atoms with Crippen molar-refractivity contribution in [3.8, 4) is 0 Å². The van der Waals surface area contributed by atoms with E-state index in [1.165, 1.54) is 0 Å². The molecule has 0 aromatic rings. The van der Waals surface area contributed by atoms with Gasteiger partial charge in [-0.1, -0.05) is 11.5 Å². The Morgan fingerprint density at radius 2 is 2.14 bits per heavy atom. The molecule has 0 radical (unpaired) electrons. The van der Waals surface area contributed by atoms with Crippen molar-refractivity contribution in [1.29, 1.82) is 0 Å². The predicted molar refractivity (Wildman–Crippen MR) is 57.2 cm³/mol. The van der Waals surface area contributed by atoms with Gasteiger partial charge in [0.1, 0.15) is 6.54 Å². The Labute approximate surface area is 89.3 Å². The minimum absolute atomic E-state index is 0. The number of nitrogens with zero attached hydrogens (tertiary/aromatic N) is 3. The molecule has 0 saturated heterocycles. The van der Waals surface area contributed by atoms with Gasteiger partial charge in [-0.05, 0) is 24.9 Å². The topological polar surface area (TPSA) is 104 Å². The van der Waals surface area contributed by atoms with Gasteiger partial charge in [0.2, 0.25) is 5.91 Å². The summed E-state index contributed by atoms with van der Waals surface area (Å²) in [6, 6.07) is 0. The summed E-state index contributed by atoms with van der Waals surface area (Å²) in [5, 5.41) is 5.77. The fourth-order valence-corrected chi connectivity index (χ4v) is 0.826. The molecule has 7 heteroatoms. The van der Waals surface area contributed by atoms with Gasteiger partial charge in [0.05, 0.1) is 0 Å². The van der Waals surface area contributed by atoms with Crippen molar-refractivity contribution in [3.63, 3.8) is 0 Å². The van der Waals surface area contributed by atoms with Crippen LogP contribution >= 0.6 is 12.4 Å². The third-order valence-electron chi connectivity index (χ3n) is 1.48. The van der Waals surface area contributed by atoms with E-state index in [1.54, 1.807) is 0 Å². The molecule has 0 aliphatic heterocycles. The van der Waals surface area contributed by atoms with E-state index >= 15 is 0 Å². The van der Waals surface area contributed by atoms with Gasteiger partial charge in [0.25, 0.3) is 0 Å². The Morgan fingerprint density at radius 1 is 1.43 bits per heavy atom. The van der Waals surface area contributed by atoms with Crippen molar-refractivity contribution < 1.29 is 4.79 Å². The van der Waals surface area contributed by atoms with E-state index in [1.807, 2.05) is 0 Å². The zero-order valence-corrected chi connectivity index (χ0v) is 8.79. The minimum Gasteiger partial charge on any atom is -0.356 e. The number of hydrogen-bond acceptors (Lipinski definition) is 3. The molecule has 6 nitrogen and oxygen atoms in total. The predicted octanol–water partition coefficient (Wildman–Crippen LogP) is 0.964. The first-order valence-corrected chi connectivity index (χ1v) is 4.29. The summed E-state index contributed by atoms with van der Waals surface area (Å²) in [5.41, 5.74) is 13.2. The summed E-state index contributed by atoms with van der Waals surface area (Å²) in [6.07, 6.45) is 2.91. The van der Waals surface area contributed by atoms with E-state index in [0.717, 1.165) is 19.3 Å². The van der Waals surface area contributed by atoms with E-state index in [-0.39, 0.29) is 24.9 Å². The van der Waals surface area contributed by atoms with Crippen LogP contribution in [-0.4, -0.2) is 25.5 Å². The van der Waals surface area contributed by atoms with Crippen molar-refractivity contribution in [2.75, 3.05) is 19.6 Å². The molecule has 0 unspecified atom stereocenters. The second-order valence-electron chi connectivity index (χ2n) is 2.59. The molecule has 0 rings (SSSR count). The van der Waals surface area contributed by atoms with Crippen LogP contribution in [0.5, 0.6) is 0 Å². The van der Waals surface area contributed by atoms with E-state index in [2.05, 4.69) is 15.3 Å². The van der Waals surface area contributed by atoms with Crippen molar-refractivity contribution in [2.24, 2.45) is 10.8 Å². The second kappa shape index (κ2) is 12.0. The number of amides is 1. The Bertz CT molecular complexity index is 193. The number of carbonyl (C=O) groups is 1. The van der Waals surface area contributed by atoms with Gasteiger partial charge in [-0.3, -0.25) is 4.79 Å². The third kappa shape index (κ3) is 11.0. The Morgan fingerprint density at radius 3 is 2.71 bits per heavy atom. The molecule has 14 heavy (non-hydrogen) atoms. The highest BCUT2D eigenvalue weighted by atomic mass is 35.5. The van der Waals surface area contributed by atoms with Crippen LogP contribution in [-0.2, 0) is 4.79 Å². The lowest BCUT2D eigenvalue weighted by molar-refractivity contribution is -0.119. The number of azide groups is 1. The van der Waals surface area contributed by atoms with Gasteiger partial charge in [-0.25, -0.2) is 0 Å². The van der Waals surface area contributed by atoms with E-state index in [4.69, 9.17) is 11.3 Å². The van der Waals surface area contributed by atoms with Crippen LogP contribution in [0.2, 0.25) is 0 Å². The highest BCUT2D eigenvalue weighted by Crippen LogP contribution is 1.90. The molecule has 0 saturated carbocycles. The average Bonchev–Trinajstić information content (AvgIpc) is 2.14. The third-order valence-corrected chi connectivity index (χ3v) is 1.48. The van der Waals surface area contributed by atoms with Crippen LogP contribution in [0.3, 0.4) is 0 Å². The van der Waals surface area contributed by atoms with Crippen LogP contribution in [0.4, 0.5) is 0 Å². The number of nitrogens with one attached hydrogen (secondary N) is 1. The van der Waals surface area contributed by atoms with Crippen LogP contribution in [0, 0.1) is 0 Å². The highest BCUT2D eigenvalue weighted by molar-refractivity contribution is 5.85. The summed E-state index contributed by atoms with van der Waals surface area (Å²) >= 11 is 0. The summed E-state index contributed by atoms with van der Waals surface area (Å²) in [4.78, 5) is 13.3. The van der Waals surface area contributed by atoms with Crippen LogP contribution in [0.1, 0.15) is 19.3 Å². The Balaban J connectivity index is 0. The molecule has 0 aromatic heterocycles. The van der Waals surface area contributed by atoms with Crippen LogP contribution in [0.25, 0.3) is 10.4 Å². The molecular weight excluding hydrogens is 206 g/mol. The number of carbonyl (C=O) groups excluding carboxylic acids is 1. The molecule has 0 spiro atoms. The van der Waals surface area contributed by atoms with Gasteiger partial charge >= 0.3 is 0 Å². The molecule has 0 heterocycles. The molecule has 0 aliphatic carbocycles. The summed E-state index contributed by atoms with van der Waals surface area (Å²) in [6.45, 7) is 1.19. The largest absolute Gasteiger partial charge is 0.356 e. The monoisotopic (exact) mass is 221 g/mol. The maximum Gasteiger partial charge on any atom is 0.225 e. The summed E-state index contributed by atoms with van der Waals surface area (Å²) in [7, 11) is 0. The zero-order chi connectivity index (χ0) is 9.94. The molecule has 3 N–H and O–H groups in total. The highest BCUT2D eigenvalue weighted by Gasteiger charge is 1.96. The Kier molecular flexibility index (Phi) is 13.3. The van der Waals surface area contributed by atoms with Gasteiger partial charge < -0.3 is 11.1 Å². The van der Waals surface area contributed by atoms with Gasteiger partial charge in [0, 0.05) is 11.5 Å². The minimum atomic E-state index is -0.231. The SMILES string of the molecule is Cl.[N-]=[N+]=NCC(=O)NCCCCCN. The van der Waals surface area contributed by atoms with Gasteiger partial charge in [0.15, 0.2) is 0 Å². The molecule has 1 amide bonds. The smallest absolute Gasteiger partial charge is 0.225 e. The molecule has 82 valence electrons. The normalized spacial score (nSPS) is 8.36. The van der Waals surface area contributed by atoms with Crippen LogP contribution in [0.15, 0.2) is 5.11 Å². The molecule has 0 aromatic carbocycles. The average molecular weight is 222 g/mol. The number of rotatable bonds is 7. The molecule has 0 aliphatic rings. The molecule has 0 bridgehead atoms. The van der Waals surface area contributed by atoms with E-state index in [0.29, 0.717) is 13.1 Å². The first kappa shape index (κ1) is 15.5. The van der Waals surface area contributed by atoms with Crippen molar-refractivity contribution in [3.05, 3.63) is 10.4 Å². The van der Waals surface area contributed by atoms with Gasteiger partial charge in [-0.2, -0.15) is 0 Å². The zero-order valence-electron chi connectivity index (χ0n) is 7.98. The molecular formula is C7H16ClN5O. The van der Waals surface area contributed by atoms with E-state index < -0.39 is 0 Å². The van der Waals surface area contributed by atoms with Crippen LogP contribution < -0.4 is 11.1 Å². The maximum absolute atomic E-state index is 10.8. The number of nitrogens with two attached hydrogens (primary N) is 1. The first-order chi connectivity index (χ1) is 6.31. The number of halogens is 1. The lowest BCUT2D eigenvalue weighted by Gasteiger charge is -2.01. The fourth-order valence-electron chi connectivity index (χ4n) is 0.826. The summed E-state index contributed by atoms with van der Waals surface area (Å²) < 4.78 is 0. The maximum atomic E-state index is 10.8. The van der Waals surface area contributed by atoms with Crippen molar-refractivity contribution in [2.45, 2.75) is 19.3 Å². The van der Waals surface area contributed by atoms with Crippen molar-refractivity contribution >= 4 is 18.3 Å². The van der Waals surface area contributed by atoms with Gasteiger partial charge in [-0.15, -0.1) is 12.4 Å². The molecule has 0 atom stereocenters. The fraction of sp³-hybridized carbons (Fsp3) is 0.857. The second-order valence-corrected chi connectivity index (χ2v) is 2.59. The summed E-state index contributed by atoms with van der Waals surface area (Å²) in [5.74, 6) is -0.231. The van der Waals surface area contributed by atoms with E-state index in [9.17, 15) is 4.79 Å². The standard InChI is InChI=1S/C7H15N5O.ClH/c8-4-2-1-3-5-10-7(13)6-11-12-9;/h1-6,8H2,(H,10,13);1H. The first-order valence-electron chi connectivity index (χ1n) is 4.29. The Hall–Kier alpha value is -0.970. The number of hydrogen-bond donors (Lipinski definition) is 2. The van der Waals surface area contributed by atoms with Crippen molar-refractivity contribution in [1.82, 2.24) is 5.32 Å². The lowest BCUT2D eigenvalue weighted by atomic mass is 10.2.